The van der Waals surface area contributed by atoms with E-state index in [0.29, 0.717) is 0 Å². The van der Waals surface area contributed by atoms with Crippen LogP contribution in [0, 0.1) is 0 Å². The molecule has 0 aromatic rings. The molecule has 0 atom stereocenters. The Labute approximate surface area is 73.7 Å². The molecule has 1 fully saturated rings. The highest BCUT2D eigenvalue weighted by molar-refractivity contribution is 5.78. The highest BCUT2D eigenvalue weighted by atomic mass is 16.1. The monoisotopic (exact) mass is 170 g/mol. The van der Waals surface area contributed by atoms with Crippen molar-refractivity contribution in [3.8, 4) is 0 Å². The summed E-state index contributed by atoms with van der Waals surface area (Å²) in [7, 11) is 0. The van der Waals surface area contributed by atoms with Gasteiger partial charge in [-0.2, -0.15) is 0 Å². The second kappa shape index (κ2) is 3.90. The van der Waals surface area contributed by atoms with E-state index < -0.39 is 0 Å². The van der Waals surface area contributed by atoms with Gasteiger partial charge in [-0.25, -0.2) is 0 Å². The van der Waals surface area contributed by atoms with Gasteiger partial charge in [0.2, 0.25) is 5.91 Å². The van der Waals surface area contributed by atoms with Gasteiger partial charge in [0.15, 0.2) is 0 Å². The van der Waals surface area contributed by atoms with E-state index in [1.54, 1.807) is 0 Å². The summed E-state index contributed by atoms with van der Waals surface area (Å²) in [5.74, 6) is -0.0283. The van der Waals surface area contributed by atoms with Crippen LogP contribution in [0.5, 0.6) is 0 Å². The van der Waals surface area contributed by atoms with Gasteiger partial charge in [0.05, 0.1) is 6.54 Å². The van der Waals surface area contributed by atoms with E-state index in [1.807, 2.05) is 0 Å². The Kier molecular flexibility index (Phi) is 3.09. The zero-order valence-corrected chi connectivity index (χ0v) is 7.73. The molecule has 0 aromatic heterocycles. The predicted molar refractivity (Wildman–Crippen MR) is 48.7 cm³/mol. The van der Waals surface area contributed by atoms with Gasteiger partial charge in [0.25, 0.3) is 0 Å². The maximum Gasteiger partial charge on any atom is 0.234 e. The van der Waals surface area contributed by atoms with Crippen LogP contribution in [0.2, 0.25) is 0 Å². The summed E-state index contributed by atoms with van der Waals surface area (Å²) in [6, 6.07) is 0. The molecule has 3 N–H and O–H groups in total. The fourth-order valence-corrected chi connectivity index (χ4v) is 1.84. The standard InChI is InChI=1S/C9H18N2O/c1-9(11-8(12)7-10)5-3-2-4-6-9/h2-7,10H2,1H3,(H,11,12). The lowest BCUT2D eigenvalue weighted by Crippen LogP contribution is -2.49. The molecule has 1 rings (SSSR count). The average molecular weight is 170 g/mol. The Hall–Kier alpha value is -0.570. The predicted octanol–water partition coefficient (Wildman–Crippen LogP) is 0.784. The van der Waals surface area contributed by atoms with Crippen LogP contribution < -0.4 is 11.1 Å². The van der Waals surface area contributed by atoms with Crippen LogP contribution in [-0.2, 0) is 4.79 Å². The van der Waals surface area contributed by atoms with Crippen LogP contribution in [0.3, 0.4) is 0 Å². The van der Waals surface area contributed by atoms with E-state index in [-0.39, 0.29) is 18.0 Å². The molecule has 0 aliphatic heterocycles. The van der Waals surface area contributed by atoms with Gasteiger partial charge in [0.1, 0.15) is 0 Å². The second-order valence-corrected chi connectivity index (χ2v) is 3.87. The lowest BCUT2D eigenvalue weighted by Gasteiger charge is -2.34. The third kappa shape index (κ3) is 2.48. The Morgan fingerprint density at radius 2 is 2.00 bits per heavy atom. The zero-order chi connectivity index (χ0) is 9.03. The molecular weight excluding hydrogens is 152 g/mol. The van der Waals surface area contributed by atoms with Crippen LogP contribution in [0.15, 0.2) is 0 Å². The van der Waals surface area contributed by atoms with Crippen molar-refractivity contribution < 1.29 is 4.79 Å². The highest BCUT2D eigenvalue weighted by Gasteiger charge is 2.27. The van der Waals surface area contributed by atoms with Crippen molar-refractivity contribution >= 4 is 5.91 Å². The van der Waals surface area contributed by atoms with Crippen LogP contribution in [0.1, 0.15) is 39.0 Å². The van der Waals surface area contributed by atoms with Crippen molar-refractivity contribution in [2.45, 2.75) is 44.6 Å². The molecule has 1 saturated carbocycles. The fraction of sp³-hybridized carbons (Fsp3) is 0.889. The number of nitrogens with one attached hydrogen (secondary N) is 1. The van der Waals surface area contributed by atoms with Crippen molar-refractivity contribution in [1.82, 2.24) is 5.32 Å². The Morgan fingerprint density at radius 1 is 1.42 bits per heavy atom. The third-order valence-electron chi connectivity index (χ3n) is 2.58. The molecule has 1 amide bonds. The molecule has 70 valence electrons. The molecule has 12 heavy (non-hydrogen) atoms. The van der Waals surface area contributed by atoms with Crippen molar-refractivity contribution in [3.63, 3.8) is 0 Å². The number of amides is 1. The third-order valence-corrected chi connectivity index (χ3v) is 2.58. The quantitative estimate of drug-likeness (QED) is 0.643. The molecule has 3 heteroatoms. The molecule has 0 unspecified atom stereocenters. The van der Waals surface area contributed by atoms with Crippen LogP contribution >= 0.6 is 0 Å². The molecule has 0 bridgehead atoms. The van der Waals surface area contributed by atoms with Crippen LogP contribution in [0.4, 0.5) is 0 Å². The number of carbonyl (C=O) groups excluding carboxylic acids is 1. The van der Waals surface area contributed by atoms with E-state index in [9.17, 15) is 4.79 Å². The first kappa shape index (κ1) is 9.52. The van der Waals surface area contributed by atoms with Crippen molar-refractivity contribution in [3.05, 3.63) is 0 Å². The molecule has 0 aromatic carbocycles. The maximum atomic E-state index is 11.0. The maximum absolute atomic E-state index is 11.0. The van der Waals surface area contributed by atoms with Gasteiger partial charge >= 0.3 is 0 Å². The number of carbonyl (C=O) groups is 1. The fourth-order valence-electron chi connectivity index (χ4n) is 1.84. The van der Waals surface area contributed by atoms with E-state index >= 15 is 0 Å². The Bertz CT molecular complexity index is 162. The molecule has 0 spiro atoms. The molecule has 0 heterocycles. The van der Waals surface area contributed by atoms with E-state index in [1.165, 1.54) is 19.3 Å². The van der Waals surface area contributed by atoms with Gasteiger partial charge in [0, 0.05) is 5.54 Å². The van der Waals surface area contributed by atoms with Gasteiger partial charge in [-0.15, -0.1) is 0 Å². The SMILES string of the molecule is CC1(NC(=O)CN)CCCCC1. The smallest absolute Gasteiger partial charge is 0.234 e. The summed E-state index contributed by atoms with van der Waals surface area (Å²) in [6.07, 6.45) is 5.94. The zero-order valence-electron chi connectivity index (χ0n) is 7.73. The normalized spacial score (nSPS) is 21.8. The minimum Gasteiger partial charge on any atom is -0.350 e. The minimum absolute atomic E-state index is 0.0225. The first-order valence-corrected chi connectivity index (χ1v) is 4.67. The van der Waals surface area contributed by atoms with E-state index in [4.69, 9.17) is 5.73 Å². The summed E-state index contributed by atoms with van der Waals surface area (Å²) in [5.41, 5.74) is 5.26. The first-order valence-electron chi connectivity index (χ1n) is 4.67. The molecule has 0 radical (unpaired) electrons. The summed E-state index contributed by atoms with van der Waals surface area (Å²) < 4.78 is 0. The molecule has 3 nitrogen and oxygen atoms in total. The first-order chi connectivity index (χ1) is 5.66. The highest BCUT2D eigenvalue weighted by Crippen LogP contribution is 2.27. The lowest BCUT2D eigenvalue weighted by atomic mass is 9.83. The van der Waals surface area contributed by atoms with Crippen molar-refractivity contribution in [2.75, 3.05) is 6.54 Å². The van der Waals surface area contributed by atoms with E-state index in [0.717, 1.165) is 12.8 Å². The van der Waals surface area contributed by atoms with Gasteiger partial charge in [-0.3, -0.25) is 4.79 Å². The number of rotatable bonds is 2. The molecule has 0 saturated heterocycles. The van der Waals surface area contributed by atoms with Gasteiger partial charge in [-0.1, -0.05) is 19.3 Å². The van der Waals surface area contributed by atoms with Crippen LogP contribution in [0.25, 0.3) is 0 Å². The number of hydrogen-bond acceptors (Lipinski definition) is 2. The van der Waals surface area contributed by atoms with Crippen LogP contribution in [-0.4, -0.2) is 18.0 Å². The summed E-state index contributed by atoms with van der Waals surface area (Å²) >= 11 is 0. The molecule has 1 aliphatic carbocycles. The van der Waals surface area contributed by atoms with Gasteiger partial charge < -0.3 is 11.1 Å². The van der Waals surface area contributed by atoms with Crippen molar-refractivity contribution in [1.29, 1.82) is 0 Å². The topological polar surface area (TPSA) is 55.1 Å². The van der Waals surface area contributed by atoms with Gasteiger partial charge in [-0.05, 0) is 19.8 Å². The lowest BCUT2D eigenvalue weighted by molar-refractivity contribution is -0.121. The summed E-state index contributed by atoms with van der Waals surface area (Å²) in [5, 5.41) is 2.98. The Balaban J connectivity index is 2.41. The average Bonchev–Trinajstić information content (AvgIpc) is 2.05. The summed E-state index contributed by atoms with van der Waals surface area (Å²) in [6.45, 7) is 2.22. The number of hydrogen-bond donors (Lipinski definition) is 2. The summed E-state index contributed by atoms with van der Waals surface area (Å²) in [4.78, 5) is 11.0. The van der Waals surface area contributed by atoms with E-state index in [2.05, 4.69) is 12.2 Å². The molecular formula is C9H18N2O. The van der Waals surface area contributed by atoms with Crippen molar-refractivity contribution in [2.24, 2.45) is 5.73 Å². The minimum atomic E-state index is -0.0283. The largest absolute Gasteiger partial charge is 0.350 e. The molecule has 1 aliphatic rings. The Morgan fingerprint density at radius 3 is 2.50 bits per heavy atom. The number of nitrogens with two attached hydrogens (primary N) is 1. The second-order valence-electron chi connectivity index (χ2n) is 3.87.